The summed E-state index contributed by atoms with van der Waals surface area (Å²) < 4.78 is 5.69. The maximum Gasteiger partial charge on any atom is 0.335 e. The number of carboxylic acids is 1. The molecule has 0 radical (unpaired) electrons. The summed E-state index contributed by atoms with van der Waals surface area (Å²) in [7, 11) is 1.66. The van der Waals surface area contributed by atoms with E-state index in [0.717, 1.165) is 64.4 Å². The Bertz CT molecular complexity index is 1550. The lowest BCUT2D eigenvalue weighted by Gasteiger charge is -2.33. The zero-order valence-corrected chi connectivity index (χ0v) is 21.3. The predicted molar refractivity (Wildman–Crippen MR) is 146 cm³/mol. The maximum atomic E-state index is 12.1. The zero-order valence-electron chi connectivity index (χ0n) is 21.3. The molecule has 8 heteroatoms. The third-order valence-corrected chi connectivity index (χ3v) is 6.83. The molecule has 192 valence electrons. The van der Waals surface area contributed by atoms with Crippen LogP contribution in [-0.4, -0.2) is 70.0 Å². The van der Waals surface area contributed by atoms with Crippen molar-refractivity contribution in [3.63, 3.8) is 0 Å². The van der Waals surface area contributed by atoms with Crippen LogP contribution in [0.4, 0.5) is 0 Å². The first-order chi connectivity index (χ1) is 18.5. The fourth-order valence-corrected chi connectivity index (χ4v) is 4.83. The van der Waals surface area contributed by atoms with Gasteiger partial charge in [-0.05, 0) is 65.9 Å². The Morgan fingerprint density at radius 2 is 1.79 bits per heavy atom. The van der Waals surface area contributed by atoms with Crippen LogP contribution in [0.1, 0.15) is 22.8 Å². The summed E-state index contributed by atoms with van der Waals surface area (Å²) in [5.41, 5.74) is 5.82. The number of aromatic carboxylic acids is 1. The number of fused-ring (bicyclic) bond motifs is 1. The Hall–Kier alpha value is -4.61. The molecule has 0 saturated carbocycles. The van der Waals surface area contributed by atoms with Gasteiger partial charge >= 0.3 is 5.97 Å². The van der Waals surface area contributed by atoms with Crippen molar-refractivity contribution >= 4 is 22.9 Å². The van der Waals surface area contributed by atoms with Gasteiger partial charge < -0.3 is 19.7 Å². The van der Waals surface area contributed by atoms with E-state index < -0.39 is 5.97 Å². The molecule has 1 aliphatic heterocycles. The number of pyridine rings is 1. The number of benzene rings is 2. The molecule has 0 unspecified atom stereocenters. The van der Waals surface area contributed by atoms with Crippen molar-refractivity contribution in [3.05, 3.63) is 71.9 Å². The second kappa shape index (κ2) is 10.8. The van der Waals surface area contributed by atoms with Crippen LogP contribution in [0.2, 0.25) is 0 Å². The van der Waals surface area contributed by atoms with E-state index >= 15 is 0 Å². The predicted octanol–water partition coefficient (Wildman–Crippen LogP) is 4.27. The lowest BCUT2D eigenvalue weighted by molar-refractivity contribution is -0.126. The van der Waals surface area contributed by atoms with Crippen molar-refractivity contribution in [2.24, 2.45) is 0 Å². The molecule has 0 bridgehead atoms. The molecule has 1 fully saturated rings. The minimum atomic E-state index is -0.950. The van der Waals surface area contributed by atoms with E-state index in [1.54, 1.807) is 37.3 Å². The van der Waals surface area contributed by atoms with E-state index in [0.29, 0.717) is 13.1 Å². The van der Waals surface area contributed by atoms with Crippen LogP contribution in [0.5, 0.6) is 5.75 Å². The van der Waals surface area contributed by atoms with Crippen molar-refractivity contribution in [1.82, 2.24) is 19.8 Å². The van der Waals surface area contributed by atoms with Crippen LogP contribution in [0.15, 0.2) is 60.8 Å². The van der Waals surface area contributed by atoms with Crippen molar-refractivity contribution < 1.29 is 19.4 Å². The van der Waals surface area contributed by atoms with Crippen molar-refractivity contribution in [2.45, 2.75) is 13.5 Å². The summed E-state index contributed by atoms with van der Waals surface area (Å²) in [6.45, 7) is 5.36. The molecule has 0 spiro atoms. The average Bonchev–Trinajstić information content (AvgIpc) is 3.38. The van der Waals surface area contributed by atoms with E-state index in [4.69, 9.17) is 4.74 Å². The third-order valence-electron chi connectivity index (χ3n) is 6.83. The van der Waals surface area contributed by atoms with Gasteiger partial charge in [0.05, 0.1) is 18.4 Å². The molecule has 38 heavy (non-hydrogen) atoms. The fourth-order valence-electron chi connectivity index (χ4n) is 4.83. The van der Waals surface area contributed by atoms with E-state index in [1.807, 2.05) is 24.3 Å². The molecule has 1 amide bonds. The van der Waals surface area contributed by atoms with Gasteiger partial charge in [0.2, 0.25) is 0 Å². The molecule has 0 atom stereocenters. The Morgan fingerprint density at radius 1 is 1.03 bits per heavy atom. The van der Waals surface area contributed by atoms with Crippen molar-refractivity contribution in [3.8, 4) is 40.0 Å². The van der Waals surface area contributed by atoms with Crippen LogP contribution in [-0.2, 0) is 11.3 Å². The number of aromatic nitrogens is 2. The molecular weight excluding hydrogens is 480 g/mol. The molecular formula is C30H28N4O4. The van der Waals surface area contributed by atoms with Gasteiger partial charge in [-0.3, -0.25) is 9.69 Å². The first kappa shape index (κ1) is 25.1. The van der Waals surface area contributed by atoms with Gasteiger partial charge in [0.15, 0.2) is 0 Å². The first-order valence-corrected chi connectivity index (χ1v) is 12.4. The number of hydrogen-bond donors (Lipinski definition) is 2. The molecule has 1 saturated heterocycles. The smallest absolute Gasteiger partial charge is 0.335 e. The molecule has 0 aliphatic carbocycles. The quantitative estimate of drug-likeness (QED) is 0.378. The van der Waals surface area contributed by atoms with Gasteiger partial charge in [0.1, 0.15) is 11.4 Å². The van der Waals surface area contributed by atoms with Gasteiger partial charge in [0.25, 0.3) is 5.91 Å². The number of hydrogen-bond acceptors (Lipinski definition) is 5. The topological polar surface area (TPSA) is 98.8 Å². The Kier molecular flexibility index (Phi) is 7.11. The minimum Gasteiger partial charge on any atom is -0.496 e. The second-order valence-corrected chi connectivity index (χ2v) is 9.16. The van der Waals surface area contributed by atoms with E-state index in [-0.39, 0.29) is 11.5 Å². The molecule has 4 aromatic rings. The standard InChI is InChI=1S/C30H28N4O4/c1-3-4-28(35)34-15-13-33(14-16-34)19-20-5-10-27(38-2)25(17-20)26-18-24-23(11-12-31-29(24)32-26)21-6-8-22(9-7-21)30(36)37/h5-12,17-18H,13-16,19H2,1-2H3,(H,31,32)(H,36,37). The van der Waals surface area contributed by atoms with Crippen LogP contribution in [0.3, 0.4) is 0 Å². The summed E-state index contributed by atoms with van der Waals surface area (Å²) in [4.78, 5) is 35.4. The summed E-state index contributed by atoms with van der Waals surface area (Å²) in [6.07, 6.45) is 1.74. The largest absolute Gasteiger partial charge is 0.496 e. The third kappa shape index (κ3) is 5.10. The number of carbonyl (C=O) groups is 2. The molecule has 2 aromatic heterocycles. The lowest BCUT2D eigenvalue weighted by Crippen LogP contribution is -2.47. The van der Waals surface area contributed by atoms with Crippen molar-refractivity contribution in [1.29, 1.82) is 0 Å². The second-order valence-electron chi connectivity index (χ2n) is 9.16. The Balaban J connectivity index is 1.41. The summed E-state index contributed by atoms with van der Waals surface area (Å²) >= 11 is 0. The summed E-state index contributed by atoms with van der Waals surface area (Å²) in [5, 5.41) is 10.2. The lowest BCUT2D eigenvalue weighted by atomic mass is 10.0. The highest BCUT2D eigenvalue weighted by Gasteiger charge is 2.21. The summed E-state index contributed by atoms with van der Waals surface area (Å²) in [5.74, 6) is 5.00. The molecule has 8 nitrogen and oxygen atoms in total. The number of H-pyrrole nitrogens is 1. The van der Waals surface area contributed by atoms with Crippen molar-refractivity contribution in [2.75, 3.05) is 33.3 Å². The molecule has 5 rings (SSSR count). The van der Waals surface area contributed by atoms with E-state index in [1.165, 1.54) is 0 Å². The molecule has 3 heterocycles. The average molecular weight is 509 g/mol. The summed E-state index contributed by atoms with van der Waals surface area (Å²) in [6, 6.07) is 17.0. The minimum absolute atomic E-state index is 0.108. The highest BCUT2D eigenvalue weighted by atomic mass is 16.5. The number of nitrogens with zero attached hydrogens (tertiary/aromatic N) is 3. The zero-order chi connectivity index (χ0) is 26.6. The normalized spacial score (nSPS) is 13.7. The number of aromatic amines is 1. The Morgan fingerprint density at radius 3 is 2.47 bits per heavy atom. The number of nitrogens with one attached hydrogen (secondary N) is 1. The highest BCUT2D eigenvalue weighted by Crippen LogP contribution is 2.36. The highest BCUT2D eigenvalue weighted by molar-refractivity contribution is 5.97. The Labute approximate surface area is 220 Å². The number of carbonyl (C=O) groups excluding carboxylic acids is 1. The molecule has 2 N–H and O–H groups in total. The monoisotopic (exact) mass is 508 g/mol. The van der Waals surface area contributed by atoms with E-state index in [2.05, 4.69) is 44.9 Å². The van der Waals surface area contributed by atoms with Gasteiger partial charge in [0, 0.05) is 49.9 Å². The van der Waals surface area contributed by atoms with Crippen LogP contribution in [0, 0.1) is 11.8 Å². The molecule has 2 aromatic carbocycles. The van der Waals surface area contributed by atoms with Gasteiger partial charge in [-0.2, -0.15) is 0 Å². The molecule has 1 aliphatic rings. The number of piperazine rings is 1. The number of methoxy groups -OCH3 is 1. The number of rotatable bonds is 6. The van der Waals surface area contributed by atoms with E-state index in [9.17, 15) is 14.7 Å². The fraction of sp³-hybridized carbons (Fsp3) is 0.233. The SMILES string of the molecule is CC#CC(=O)N1CCN(Cc2ccc(OC)c(-c3cc4c(-c5ccc(C(=O)O)cc5)ccnc4[nH]3)c2)CC1. The van der Waals surface area contributed by atoms with Gasteiger partial charge in [-0.1, -0.05) is 24.1 Å². The number of amides is 1. The van der Waals surface area contributed by atoms with Gasteiger partial charge in [-0.15, -0.1) is 0 Å². The van der Waals surface area contributed by atoms with Crippen LogP contribution < -0.4 is 4.74 Å². The first-order valence-electron chi connectivity index (χ1n) is 12.4. The maximum absolute atomic E-state index is 12.1. The van der Waals surface area contributed by atoms with Gasteiger partial charge in [-0.25, -0.2) is 9.78 Å². The number of carboxylic acid groups (broad SMARTS) is 1. The van der Waals surface area contributed by atoms with Crippen LogP contribution >= 0.6 is 0 Å². The van der Waals surface area contributed by atoms with Crippen LogP contribution in [0.25, 0.3) is 33.4 Å². The number of ether oxygens (including phenoxy) is 1.